The van der Waals surface area contributed by atoms with Gasteiger partial charge >= 0.3 is 6.18 Å². The second-order valence-corrected chi connectivity index (χ2v) is 4.07. The van der Waals surface area contributed by atoms with Gasteiger partial charge in [0.15, 0.2) is 0 Å². The Morgan fingerprint density at radius 1 is 1.17 bits per heavy atom. The molecule has 1 atom stereocenters. The van der Waals surface area contributed by atoms with Crippen LogP contribution in [0.3, 0.4) is 0 Å². The molecular weight excluding hydrogens is 250 g/mol. The lowest BCUT2D eigenvalue weighted by molar-refractivity contribution is -0.233. The molecule has 0 aromatic heterocycles. The number of amides is 1. The second-order valence-electron chi connectivity index (χ2n) is 4.07. The van der Waals surface area contributed by atoms with Crippen LogP contribution in [0.4, 0.5) is 17.6 Å². The Labute approximate surface area is 102 Å². The third kappa shape index (κ3) is 3.00. The zero-order valence-electron chi connectivity index (χ0n) is 9.94. The number of rotatable bonds is 3. The fraction of sp³-hybridized carbons (Fsp3) is 0.417. The van der Waals surface area contributed by atoms with E-state index < -0.39 is 29.9 Å². The number of alkyl halides is 4. The molecule has 18 heavy (non-hydrogen) atoms. The third-order valence-corrected chi connectivity index (χ3v) is 2.54. The van der Waals surface area contributed by atoms with Crippen molar-refractivity contribution in [3.63, 3.8) is 0 Å². The topological polar surface area (TPSA) is 29.1 Å². The molecule has 0 aliphatic carbocycles. The quantitative estimate of drug-likeness (QED) is 0.835. The van der Waals surface area contributed by atoms with Crippen molar-refractivity contribution in [3.8, 4) is 0 Å². The summed E-state index contributed by atoms with van der Waals surface area (Å²) in [5, 5.41) is 1.87. The molecule has 1 aromatic carbocycles. The van der Waals surface area contributed by atoms with E-state index in [1.165, 1.54) is 12.1 Å². The lowest BCUT2D eigenvalue weighted by Crippen LogP contribution is -2.47. The molecule has 0 fully saturated rings. The van der Waals surface area contributed by atoms with Crippen molar-refractivity contribution in [3.05, 3.63) is 35.4 Å². The van der Waals surface area contributed by atoms with Gasteiger partial charge in [-0.05, 0) is 6.92 Å². The van der Waals surface area contributed by atoms with Crippen LogP contribution in [0.25, 0.3) is 0 Å². The van der Waals surface area contributed by atoms with Gasteiger partial charge in [0.2, 0.25) is 11.6 Å². The van der Waals surface area contributed by atoms with E-state index in [4.69, 9.17) is 0 Å². The minimum Gasteiger partial charge on any atom is -0.352 e. The van der Waals surface area contributed by atoms with Gasteiger partial charge < -0.3 is 5.32 Å². The van der Waals surface area contributed by atoms with E-state index in [2.05, 4.69) is 0 Å². The minimum absolute atomic E-state index is 0.519. The standard InChI is InChI=1S/C12H13F4NO/c1-8-3-5-10(6-4-8)11(13,12(14,15)16)7-17-9(2)18/h3-6H,7H2,1-2H3,(H,17,18)/t11-/m1/s1. The fourth-order valence-corrected chi connectivity index (χ4v) is 1.43. The van der Waals surface area contributed by atoms with Crippen LogP contribution in [-0.4, -0.2) is 18.6 Å². The molecule has 0 saturated heterocycles. The van der Waals surface area contributed by atoms with Gasteiger partial charge in [-0.3, -0.25) is 4.79 Å². The number of hydrogen-bond acceptors (Lipinski definition) is 1. The molecule has 0 radical (unpaired) electrons. The van der Waals surface area contributed by atoms with Gasteiger partial charge in [-0.25, -0.2) is 4.39 Å². The van der Waals surface area contributed by atoms with Crippen molar-refractivity contribution in [1.82, 2.24) is 5.32 Å². The minimum atomic E-state index is -5.09. The molecule has 0 heterocycles. The summed E-state index contributed by atoms with van der Waals surface area (Å²) in [5.74, 6) is -0.714. The van der Waals surface area contributed by atoms with Crippen LogP contribution >= 0.6 is 0 Å². The molecule has 1 amide bonds. The summed E-state index contributed by atoms with van der Waals surface area (Å²) in [7, 11) is 0. The zero-order valence-corrected chi connectivity index (χ0v) is 9.94. The lowest BCUT2D eigenvalue weighted by Gasteiger charge is -2.28. The largest absolute Gasteiger partial charge is 0.428 e. The number of aryl methyl sites for hydroxylation is 1. The van der Waals surface area contributed by atoms with Crippen molar-refractivity contribution in [2.75, 3.05) is 6.54 Å². The Hall–Kier alpha value is -1.59. The number of benzene rings is 1. The summed E-state index contributed by atoms with van der Waals surface area (Å²) >= 11 is 0. The van der Waals surface area contributed by atoms with Crippen LogP contribution in [0.2, 0.25) is 0 Å². The zero-order chi connectivity index (χ0) is 14.0. The van der Waals surface area contributed by atoms with Gasteiger partial charge in [-0.2, -0.15) is 13.2 Å². The van der Waals surface area contributed by atoms with Crippen LogP contribution in [0.1, 0.15) is 18.1 Å². The average Bonchev–Trinajstić information content (AvgIpc) is 2.25. The molecule has 1 aromatic rings. The van der Waals surface area contributed by atoms with Crippen molar-refractivity contribution in [2.45, 2.75) is 25.7 Å². The molecule has 0 bridgehead atoms. The number of hydrogen-bond donors (Lipinski definition) is 1. The van der Waals surface area contributed by atoms with Gasteiger partial charge in [-0.15, -0.1) is 0 Å². The summed E-state index contributed by atoms with van der Waals surface area (Å²) < 4.78 is 52.6. The van der Waals surface area contributed by atoms with E-state index >= 15 is 0 Å². The molecule has 1 rings (SSSR count). The van der Waals surface area contributed by atoms with E-state index in [0.717, 1.165) is 24.6 Å². The molecule has 2 nitrogen and oxygen atoms in total. The molecule has 0 aliphatic heterocycles. The maximum absolute atomic E-state index is 14.2. The van der Waals surface area contributed by atoms with Crippen LogP contribution in [-0.2, 0) is 10.5 Å². The average molecular weight is 263 g/mol. The van der Waals surface area contributed by atoms with Gasteiger partial charge in [0, 0.05) is 12.5 Å². The highest BCUT2D eigenvalue weighted by atomic mass is 19.4. The SMILES string of the molecule is CC(=O)NC[C@@](F)(c1ccc(C)cc1)C(F)(F)F. The second kappa shape index (κ2) is 4.96. The smallest absolute Gasteiger partial charge is 0.352 e. The fourth-order valence-electron chi connectivity index (χ4n) is 1.43. The van der Waals surface area contributed by atoms with Crippen LogP contribution in [0.5, 0.6) is 0 Å². The van der Waals surface area contributed by atoms with Crippen LogP contribution in [0.15, 0.2) is 24.3 Å². The number of carbonyl (C=O) groups excluding carboxylic acids is 1. The highest BCUT2D eigenvalue weighted by Gasteiger charge is 2.57. The molecule has 0 saturated carbocycles. The molecule has 1 N–H and O–H groups in total. The first-order chi connectivity index (χ1) is 8.17. The summed E-state index contributed by atoms with van der Waals surface area (Å²) in [6.45, 7) is 1.59. The van der Waals surface area contributed by atoms with E-state index in [1.807, 2.05) is 5.32 Å². The van der Waals surface area contributed by atoms with E-state index in [9.17, 15) is 22.4 Å². The summed E-state index contributed by atoms with van der Waals surface area (Å²) in [6, 6.07) is 4.93. The van der Waals surface area contributed by atoms with Crippen molar-refractivity contribution in [2.24, 2.45) is 0 Å². The predicted molar refractivity (Wildman–Crippen MR) is 58.7 cm³/mol. The molecule has 0 spiro atoms. The van der Waals surface area contributed by atoms with E-state index in [1.54, 1.807) is 6.92 Å². The number of halogens is 4. The van der Waals surface area contributed by atoms with E-state index in [-0.39, 0.29) is 0 Å². The highest BCUT2D eigenvalue weighted by molar-refractivity contribution is 5.72. The van der Waals surface area contributed by atoms with Gasteiger partial charge in [-0.1, -0.05) is 29.8 Å². The van der Waals surface area contributed by atoms with Gasteiger partial charge in [0.25, 0.3) is 0 Å². The first kappa shape index (κ1) is 14.5. The monoisotopic (exact) mass is 263 g/mol. The Morgan fingerprint density at radius 2 is 1.67 bits per heavy atom. The molecule has 0 unspecified atom stereocenters. The molecule has 0 aliphatic rings. The Bertz CT molecular complexity index is 427. The van der Waals surface area contributed by atoms with Crippen molar-refractivity contribution in [1.29, 1.82) is 0 Å². The maximum Gasteiger partial charge on any atom is 0.428 e. The Kier molecular flexibility index (Phi) is 3.98. The lowest BCUT2D eigenvalue weighted by atomic mass is 9.94. The normalized spacial score (nSPS) is 15.0. The Morgan fingerprint density at radius 3 is 2.06 bits per heavy atom. The van der Waals surface area contributed by atoms with E-state index in [0.29, 0.717) is 0 Å². The molecule has 100 valence electrons. The first-order valence-electron chi connectivity index (χ1n) is 5.24. The van der Waals surface area contributed by atoms with Gasteiger partial charge in [0.1, 0.15) is 0 Å². The van der Waals surface area contributed by atoms with Gasteiger partial charge in [0.05, 0.1) is 6.54 Å². The molecule has 6 heteroatoms. The van der Waals surface area contributed by atoms with Crippen LogP contribution in [0, 0.1) is 6.92 Å². The van der Waals surface area contributed by atoms with Crippen LogP contribution < -0.4 is 5.32 Å². The summed E-state index contributed by atoms with van der Waals surface area (Å²) in [6.07, 6.45) is -5.09. The Balaban J connectivity index is 3.12. The first-order valence-corrected chi connectivity index (χ1v) is 5.24. The van der Waals surface area contributed by atoms with Crippen molar-refractivity contribution < 1.29 is 22.4 Å². The summed E-state index contributed by atoms with van der Waals surface area (Å²) in [4.78, 5) is 10.7. The molecular formula is C12H13F4NO. The maximum atomic E-state index is 14.2. The predicted octanol–water partition coefficient (Wildman–Crippen LogP) is 2.86. The summed E-state index contributed by atoms with van der Waals surface area (Å²) in [5.41, 5.74) is -3.37. The number of carbonyl (C=O) groups is 1. The highest BCUT2D eigenvalue weighted by Crippen LogP contribution is 2.42. The number of nitrogens with one attached hydrogen (secondary N) is 1. The van der Waals surface area contributed by atoms with Crippen molar-refractivity contribution >= 4 is 5.91 Å². The third-order valence-electron chi connectivity index (χ3n) is 2.54.